The summed E-state index contributed by atoms with van der Waals surface area (Å²) in [5.41, 5.74) is 2.52. The Balaban J connectivity index is 2.74. The van der Waals surface area contributed by atoms with Crippen LogP contribution in [0, 0.1) is 0 Å². The molecule has 1 rings (SSSR count). The van der Waals surface area contributed by atoms with E-state index in [1.807, 2.05) is 6.92 Å². The number of aliphatic hydroxyl groups excluding tert-OH is 1. The van der Waals surface area contributed by atoms with E-state index in [9.17, 15) is 5.11 Å². The normalized spacial score (nSPS) is 12.5. The topological polar surface area (TPSA) is 35.5 Å². The summed E-state index contributed by atoms with van der Waals surface area (Å²) in [4.78, 5) is 2.21. The SMILES string of the molecule is CCCNCc1ccc(Br)cc1N(C)CCC(C)O. The smallest absolute Gasteiger partial charge is 0.0528 e. The maximum absolute atomic E-state index is 9.40. The Labute approximate surface area is 125 Å². The molecule has 0 saturated carbocycles. The lowest BCUT2D eigenvalue weighted by Gasteiger charge is -2.23. The molecular weight excluding hydrogens is 304 g/mol. The van der Waals surface area contributed by atoms with E-state index in [0.717, 1.165) is 36.9 Å². The van der Waals surface area contributed by atoms with E-state index in [-0.39, 0.29) is 6.10 Å². The van der Waals surface area contributed by atoms with E-state index in [1.165, 1.54) is 11.3 Å². The van der Waals surface area contributed by atoms with Gasteiger partial charge in [-0.25, -0.2) is 0 Å². The summed E-state index contributed by atoms with van der Waals surface area (Å²) in [7, 11) is 2.08. The fourth-order valence-corrected chi connectivity index (χ4v) is 2.29. The summed E-state index contributed by atoms with van der Waals surface area (Å²) in [5.74, 6) is 0. The van der Waals surface area contributed by atoms with Crippen molar-refractivity contribution in [3.05, 3.63) is 28.2 Å². The predicted octanol–water partition coefficient (Wildman–Crippen LogP) is 3.16. The molecule has 0 aliphatic heterocycles. The number of hydrogen-bond acceptors (Lipinski definition) is 3. The molecule has 0 spiro atoms. The first kappa shape index (κ1) is 16.5. The van der Waals surface area contributed by atoms with E-state index in [1.54, 1.807) is 0 Å². The van der Waals surface area contributed by atoms with Gasteiger partial charge in [0.05, 0.1) is 6.10 Å². The van der Waals surface area contributed by atoms with E-state index in [2.05, 4.69) is 58.3 Å². The fraction of sp³-hybridized carbons (Fsp3) is 0.600. The zero-order valence-corrected chi connectivity index (χ0v) is 13.7. The van der Waals surface area contributed by atoms with Crippen LogP contribution in [0.4, 0.5) is 5.69 Å². The minimum atomic E-state index is -0.253. The molecular formula is C15H25BrN2O. The first-order valence-electron chi connectivity index (χ1n) is 6.93. The average Bonchev–Trinajstić information content (AvgIpc) is 2.37. The quantitative estimate of drug-likeness (QED) is 0.719. The molecule has 1 aromatic rings. The molecule has 0 fully saturated rings. The van der Waals surface area contributed by atoms with Crippen molar-refractivity contribution in [3.8, 4) is 0 Å². The molecule has 0 aliphatic carbocycles. The van der Waals surface area contributed by atoms with Crippen LogP contribution >= 0.6 is 15.9 Å². The Morgan fingerprint density at radius 3 is 2.79 bits per heavy atom. The Morgan fingerprint density at radius 2 is 2.16 bits per heavy atom. The van der Waals surface area contributed by atoms with Crippen LogP contribution in [0.3, 0.4) is 0 Å². The number of aliphatic hydroxyl groups is 1. The molecule has 0 aliphatic rings. The molecule has 1 aromatic carbocycles. The zero-order chi connectivity index (χ0) is 14.3. The Kier molecular flexibility index (Phi) is 7.42. The summed E-state index contributed by atoms with van der Waals surface area (Å²) < 4.78 is 1.09. The molecule has 1 atom stereocenters. The van der Waals surface area contributed by atoms with Crippen LogP contribution in [0.1, 0.15) is 32.3 Å². The highest BCUT2D eigenvalue weighted by molar-refractivity contribution is 9.10. The average molecular weight is 329 g/mol. The van der Waals surface area contributed by atoms with E-state index in [4.69, 9.17) is 0 Å². The molecule has 0 amide bonds. The lowest BCUT2D eigenvalue weighted by molar-refractivity contribution is 0.187. The van der Waals surface area contributed by atoms with Gasteiger partial charge in [-0.15, -0.1) is 0 Å². The van der Waals surface area contributed by atoms with Crippen LogP contribution in [0.5, 0.6) is 0 Å². The molecule has 0 radical (unpaired) electrons. The Hall–Kier alpha value is -0.580. The van der Waals surface area contributed by atoms with E-state index < -0.39 is 0 Å². The molecule has 0 aromatic heterocycles. The third-order valence-electron chi connectivity index (χ3n) is 3.08. The van der Waals surface area contributed by atoms with Gasteiger partial charge in [0.1, 0.15) is 0 Å². The maximum Gasteiger partial charge on any atom is 0.0528 e. The number of benzene rings is 1. The largest absolute Gasteiger partial charge is 0.393 e. The van der Waals surface area contributed by atoms with Gasteiger partial charge in [0.2, 0.25) is 0 Å². The third kappa shape index (κ3) is 5.93. The van der Waals surface area contributed by atoms with Crippen LogP contribution in [0.25, 0.3) is 0 Å². The molecule has 0 bridgehead atoms. The minimum Gasteiger partial charge on any atom is -0.393 e. The number of anilines is 1. The van der Waals surface area contributed by atoms with Gasteiger partial charge in [0.15, 0.2) is 0 Å². The second-order valence-electron chi connectivity index (χ2n) is 5.01. The van der Waals surface area contributed by atoms with E-state index in [0.29, 0.717) is 0 Å². The van der Waals surface area contributed by atoms with Crippen molar-refractivity contribution in [1.82, 2.24) is 5.32 Å². The Morgan fingerprint density at radius 1 is 1.42 bits per heavy atom. The number of nitrogens with zero attached hydrogens (tertiary/aromatic N) is 1. The molecule has 2 N–H and O–H groups in total. The van der Waals surface area contributed by atoms with Crippen LogP contribution < -0.4 is 10.2 Å². The van der Waals surface area contributed by atoms with Gasteiger partial charge < -0.3 is 15.3 Å². The van der Waals surface area contributed by atoms with Gasteiger partial charge in [-0.05, 0) is 44.0 Å². The van der Waals surface area contributed by atoms with Gasteiger partial charge >= 0.3 is 0 Å². The summed E-state index contributed by atoms with van der Waals surface area (Å²) in [5, 5.41) is 12.8. The minimum absolute atomic E-state index is 0.253. The number of halogens is 1. The first-order chi connectivity index (χ1) is 9.04. The lowest BCUT2D eigenvalue weighted by Crippen LogP contribution is -2.24. The number of rotatable bonds is 8. The predicted molar refractivity (Wildman–Crippen MR) is 85.7 cm³/mol. The summed E-state index contributed by atoms with van der Waals surface area (Å²) in [6, 6.07) is 6.38. The van der Waals surface area contributed by atoms with Gasteiger partial charge in [-0.1, -0.05) is 28.9 Å². The molecule has 3 nitrogen and oxygen atoms in total. The number of nitrogens with one attached hydrogen (secondary N) is 1. The Bertz CT molecular complexity index is 382. The van der Waals surface area contributed by atoms with Crippen LogP contribution in [-0.2, 0) is 6.54 Å². The first-order valence-corrected chi connectivity index (χ1v) is 7.72. The van der Waals surface area contributed by atoms with Gasteiger partial charge in [-0.2, -0.15) is 0 Å². The molecule has 19 heavy (non-hydrogen) atoms. The van der Waals surface area contributed by atoms with Crippen molar-refractivity contribution < 1.29 is 5.11 Å². The highest BCUT2D eigenvalue weighted by Crippen LogP contribution is 2.24. The molecule has 4 heteroatoms. The molecule has 0 heterocycles. The van der Waals surface area contributed by atoms with Crippen LogP contribution in [0.2, 0.25) is 0 Å². The van der Waals surface area contributed by atoms with Crippen molar-refractivity contribution in [3.63, 3.8) is 0 Å². The van der Waals surface area contributed by atoms with Crippen LogP contribution in [0.15, 0.2) is 22.7 Å². The van der Waals surface area contributed by atoms with Crippen molar-refractivity contribution in [2.24, 2.45) is 0 Å². The molecule has 0 saturated heterocycles. The zero-order valence-electron chi connectivity index (χ0n) is 12.1. The lowest BCUT2D eigenvalue weighted by atomic mass is 10.1. The summed E-state index contributed by atoms with van der Waals surface area (Å²) in [6.07, 6.45) is 1.67. The van der Waals surface area contributed by atoms with Crippen molar-refractivity contribution in [1.29, 1.82) is 0 Å². The van der Waals surface area contributed by atoms with Crippen molar-refractivity contribution in [2.75, 3.05) is 25.0 Å². The van der Waals surface area contributed by atoms with Gasteiger partial charge in [-0.3, -0.25) is 0 Å². The summed E-state index contributed by atoms with van der Waals surface area (Å²) in [6.45, 7) is 6.78. The van der Waals surface area contributed by atoms with Gasteiger partial charge in [0, 0.05) is 30.3 Å². The van der Waals surface area contributed by atoms with Gasteiger partial charge in [0.25, 0.3) is 0 Å². The standard InChI is InChI=1S/C15H25BrN2O/c1-4-8-17-11-13-5-6-14(16)10-15(13)18(3)9-7-12(2)19/h5-6,10,12,17,19H,4,7-9,11H2,1-3H3. The molecule has 1 unspecified atom stereocenters. The van der Waals surface area contributed by atoms with Crippen molar-refractivity contribution >= 4 is 21.6 Å². The highest BCUT2D eigenvalue weighted by atomic mass is 79.9. The van der Waals surface area contributed by atoms with E-state index >= 15 is 0 Å². The fourth-order valence-electron chi connectivity index (χ4n) is 1.94. The number of hydrogen-bond donors (Lipinski definition) is 2. The second-order valence-corrected chi connectivity index (χ2v) is 5.92. The summed E-state index contributed by atoms with van der Waals surface area (Å²) >= 11 is 3.53. The second kappa shape index (κ2) is 8.56. The highest BCUT2D eigenvalue weighted by Gasteiger charge is 2.09. The van der Waals surface area contributed by atoms with Crippen molar-refractivity contribution in [2.45, 2.75) is 39.3 Å². The monoisotopic (exact) mass is 328 g/mol. The maximum atomic E-state index is 9.40. The van der Waals surface area contributed by atoms with Crippen LogP contribution in [-0.4, -0.2) is 31.3 Å². The molecule has 108 valence electrons. The third-order valence-corrected chi connectivity index (χ3v) is 3.58.